The van der Waals surface area contributed by atoms with E-state index in [-0.39, 0.29) is 61.5 Å². The molecule has 212 valence electrons. The highest BCUT2D eigenvalue weighted by Crippen LogP contribution is 2.32. The number of fused-ring (bicyclic) bond motifs is 1. The molecule has 11 heteroatoms. The predicted molar refractivity (Wildman–Crippen MR) is 155 cm³/mol. The number of hydrogen-bond donors (Lipinski definition) is 6. The molecule has 1 fully saturated rings. The maximum Gasteiger partial charge on any atom is 0.317 e. The Bertz CT molecular complexity index is 1140. The third kappa shape index (κ3) is 7.94. The summed E-state index contributed by atoms with van der Waals surface area (Å²) in [5.41, 5.74) is 7.83. The molecule has 0 aromatic heterocycles. The van der Waals surface area contributed by atoms with Gasteiger partial charge >= 0.3 is 5.97 Å². The number of halogens is 2. The fourth-order valence-electron chi connectivity index (χ4n) is 5.53. The van der Waals surface area contributed by atoms with Gasteiger partial charge in [0.05, 0.1) is 12.6 Å². The van der Waals surface area contributed by atoms with Gasteiger partial charge in [0, 0.05) is 24.9 Å². The van der Waals surface area contributed by atoms with Gasteiger partial charge < -0.3 is 21.5 Å². The number of rotatable bonds is 10. The Morgan fingerprint density at radius 1 is 0.974 bits per heavy atom. The second kappa shape index (κ2) is 14.3. The molecule has 2 amide bonds. The van der Waals surface area contributed by atoms with E-state index in [0.29, 0.717) is 18.4 Å². The van der Waals surface area contributed by atoms with E-state index in [0.717, 1.165) is 48.8 Å². The number of carbonyl (C=O) groups is 3. The molecule has 4 rings (SSSR count). The molecule has 9 nitrogen and oxygen atoms in total. The van der Waals surface area contributed by atoms with Gasteiger partial charge in [-0.25, -0.2) is 0 Å². The summed E-state index contributed by atoms with van der Waals surface area (Å²) in [5.74, 6) is -1.64. The van der Waals surface area contributed by atoms with Crippen molar-refractivity contribution in [1.29, 1.82) is 5.41 Å². The number of hydrogen-bond acceptors (Lipinski definition) is 5. The van der Waals surface area contributed by atoms with E-state index in [9.17, 15) is 19.5 Å². The third-order valence-corrected chi connectivity index (χ3v) is 7.49. The van der Waals surface area contributed by atoms with Crippen molar-refractivity contribution in [2.45, 2.75) is 63.1 Å². The molecular formula is C28H37Cl2N5O4. The lowest BCUT2D eigenvalue weighted by Gasteiger charge is -2.35. The average Bonchev–Trinajstić information content (AvgIpc) is 3.27. The maximum atomic E-state index is 13.7. The molecule has 0 radical (unpaired) electrons. The summed E-state index contributed by atoms with van der Waals surface area (Å²) in [5, 5.41) is 25.8. The third-order valence-electron chi connectivity index (χ3n) is 7.49. The van der Waals surface area contributed by atoms with E-state index in [1.807, 2.05) is 24.3 Å². The quantitative estimate of drug-likeness (QED) is 0.188. The van der Waals surface area contributed by atoms with Crippen LogP contribution >= 0.6 is 24.8 Å². The molecule has 2 aliphatic rings. The zero-order valence-corrected chi connectivity index (χ0v) is 23.3. The summed E-state index contributed by atoms with van der Waals surface area (Å²) in [4.78, 5) is 38.6. The molecule has 2 aliphatic carbocycles. The van der Waals surface area contributed by atoms with Crippen LogP contribution < -0.4 is 21.7 Å². The van der Waals surface area contributed by atoms with Gasteiger partial charge in [0.15, 0.2) is 0 Å². The van der Waals surface area contributed by atoms with Crippen molar-refractivity contribution in [3.63, 3.8) is 0 Å². The summed E-state index contributed by atoms with van der Waals surface area (Å²) >= 11 is 0. The molecular weight excluding hydrogens is 541 g/mol. The monoisotopic (exact) mass is 577 g/mol. The van der Waals surface area contributed by atoms with Crippen LogP contribution in [0, 0.1) is 11.3 Å². The number of amidine groups is 1. The van der Waals surface area contributed by atoms with Gasteiger partial charge in [-0.1, -0.05) is 67.8 Å². The number of aliphatic carboxylic acids is 1. The van der Waals surface area contributed by atoms with Crippen LogP contribution in [0.15, 0.2) is 48.5 Å². The lowest BCUT2D eigenvalue weighted by molar-refractivity contribution is -0.138. The predicted octanol–water partition coefficient (Wildman–Crippen LogP) is 2.71. The molecule has 2 aromatic carbocycles. The van der Waals surface area contributed by atoms with E-state index in [1.54, 1.807) is 24.3 Å². The highest BCUT2D eigenvalue weighted by molar-refractivity contribution is 5.95. The summed E-state index contributed by atoms with van der Waals surface area (Å²) in [6.07, 6.45) is 5.53. The first kappa shape index (κ1) is 32.1. The molecule has 2 aromatic rings. The molecule has 0 aliphatic heterocycles. The number of carboxylic acids is 1. The van der Waals surface area contributed by atoms with E-state index in [1.165, 1.54) is 0 Å². The first-order chi connectivity index (χ1) is 17.8. The van der Waals surface area contributed by atoms with Crippen molar-refractivity contribution in [2.24, 2.45) is 11.7 Å². The van der Waals surface area contributed by atoms with Gasteiger partial charge in [-0.15, -0.1) is 24.8 Å². The van der Waals surface area contributed by atoms with Gasteiger partial charge in [0.25, 0.3) is 0 Å². The first-order valence-corrected chi connectivity index (χ1v) is 12.8. The van der Waals surface area contributed by atoms with Crippen molar-refractivity contribution < 1.29 is 19.5 Å². The number of benzene rings is 2. The van der Waals surface area contributed by atoms with Gasteiger partial charge in [-0.05, 0) is 35.4 Å². The Kier molecular flexibility index (Phi) is 11.8. The molecule has 7 N–H and O–H groups in total. The Labute approximate surface area is 241 Å². The van der Waals surface area contributed by atoms with Crippen LogP contribution in [0.1, 0.15) is 54.4 Å². The molecule has 1 saturated carbocycles. The Balaban J connectivity index is 0.00000267. The summed E-state index contributed by atoms with van der Waals surface area (Å²) in [7, 11) is 0. The summed E-state index contributed by atoms with van der Waals surface area (Å²) in [6, 6.07) is 14.2. The molecule has 0 spiro atoms. The van der Waals surface area contributed by atoms with Crippen LogP contribution in [-0.2, 0) is 33.8 Å². The Hall–Kier alpha value is -3.14. The van der Waals surface area contributed by atoms with E-state index >= 15 is 0 Å². The fraction of sp³-hybridized carbons (Fsp3) is 0.429. The largest absolute Gasteiger partial charge is 0.480 e. The fourth-order valence-corrected chi connectivity index (χ4v) is 5.53. The van der Waals surface area contributed by atoms with Crippen molar-refractivity contribution in [3.05, 3.63) is 70.8 Å². The Morgan fingerprint density at radius 2 is 1.56 bits per heavy atom. The zero-order valence-electron chi connectivity index (χ0n) is 21.7. The molecule has 0 unspecified atom stereocenters. The minimum Gasteiger partial charge on any atom is -0.480 e. The van der Waals surface area contributed by atoms with Gasteiger partial charge in [0.2, 0.25) is 11.8 Å². The zero-order chi connectivity index (χ0) is 26.4. The normalized spacial score (nSPS) is 16.5. The average molecular weight is 579 g/mol. The molecule has 1 atom stereocenters. The van der Waals surface area contributed by atoms with Gasteiger partial charge in [-0.2, -0.15) is 0 Å². The standard InChI is InChI=1S/C28H35N5O4.2ClH/c29-25(30)20-12-10-18(11-13-20)16-32-27(37)28(14-21-8-4-5-9-22(21)15-28)33-26(36)24(31-17-23(34)35)19-6-2-1-3-7-19;;/h4-5,8-13,19,24,31H,1-3,6-7,14-17H2,(H3,29,30)(H,32,37)(H,33,36)(H,34,35);2*1H/t24-;;/m0../s1. The molecule has 0 heterocycles. The van der Waals surface area contributed by atoms with Gasteiger partial charge in [0.1, 0.15) is 11.4 Å². The first-order valence-electron chi connectivity index (χ1n) is 12.8. The van der Waals surface area contributed by atoms with Crippen LogP contribution in [-0.4, -0.2) is 46.9 Å². The van der Waals surface area contributed by atoms with Crippen molar-refractivity contribution in [2.75, 3.05) is 6.54 Å². The lowest BCUT2D eigenvalue weighted by Crippen LogP contribution is -2.63. The minimum absolute atomic E-state index is 0. The summed E-state index contributed by atoms with van der Waals surface area (Å²) < 4.78 is 0. The molecule has 39 heavy (non-hydrogen) atoms. The van der Waals surface area contributed by atoms with Crippen molar-refractivity contribution >= 4 is 48.4 Å². The van der Waals surface area contributed by atoms with Crippen LogP contribution in [0.3, 0.4) is 0 Å². The van der Waals surface area contributed by atoms with E-state index in [2.05, 4.69) is 16.0 Å². The van der Waals surface area contributed by atoms with Crippen LogP contribution in [0.5, 0.6) is 0 Å². The second-order valence-electron chi connectivity index (χ2n) is 10.1. The number of nitrogens with one attached hydrogen (secondary N) is 4. The smallest absolute Gasteiger partial charge is 0.317 e. The lowest BCUT2D eigenvalue weighted by atomic mass is 9.82. The van der Waals surface area contributed by atoms with E-state index in [4.69, 9.17) is 11.1 Å². The molecule has 0 saturated heterocycles. The number of nitrogens with two attached hydrogens (primary N) is 1. The van der Waals surface area contributed by atoms with Gasteiger partial charge in [-0.3, -0.25) is 25.1 Å². The molecule has 0 bridgehead atoms. The van der Waals surface area contributed by atoms with Crippen LogP contribution in [0.4, 0.5) is 0 Å². The Morgan fingerprint density at radius 3 is 2.10 bits per heavy atom. The van der Waals surface area contributed by atoms with E-state index < -0.39 is 17.6 Å². The topological polar surface area (TPSA) is 157 Å². The van der Waals surface area contributed by atoms with Crippen LogP contribution in [0.25, 0.3) is 0 Å². The van der Waals surface area contributed by atoms with Crippen LogP contribution in [0.2, 0.25) is 0 Å². The summed E-state index contributed by atoms with van der Waals surface area (Å²) in [6.45, 7) is -0.0570. The number of nitrogen functional groups attached to an aromatic ring is 1. The highest BCUT2D eigenvalue weighted by Gasteiger charge is 2.46. The minimum atomic E-state index is -1.17. The highest BCUT2D eigenvalue weighted by atomic mass is 35.5. The number of carboxylic acid groups (broad SMARTS) is 1. The maximum absolute atomic E-state index is 13.7. The van der Waals surface area contributed by atoms with Crippen molar-refractivity contribution in [3.8, 4) is 0 Å². The second-order valence-corrected chi connectivity index (χ2v) is 10.1. The van der Waals surface area contributed by atoms with Crippen molar-refractivity contribution in [1.82, 2.24) is 16.0 Å². The number of amides is 2. The number of carbonyl (C=O) groups excluding carboxylic acids is 2. The SMILES string of the molecule is Cl.Cl.N=C(N)c1ccc(CNC(=O)C2(NC(=O)[C@@H](NCC(=O)O)C3CCCCC3)Cc3ccccc3C2)cc1.